The van der Waals surface area contributed by atoms with E-state index in [-0.39, 0.29) is 18.9 Å². The van der Waals surface area contributed by atoms with Gasteiger partial charge in [-0.3, -0.25) is 14.3 Å². The van der Waals surface area contributed by atoms with Crippen LogP contribution in [0.4, 0.5) is 19.0 Å². The summed E-state index contributed by atoms with van der Waals surface area (Å²) in [6.45, 7) is 8.87. The Morgan fingerprint density at radius 3 is 2.37 bits per heavy atom. The quantitative estimate of drug-likeness (QED) is 0.274. The summed E-state index contributed by atoms with van der Waals surface area (Å²) in [5.41, 5.74) is 2.63. The van der Waals surface area contributed by atoms with Gasteiger partial charge in [0.2, 0.25) is 11.8 Å². The van der Waals surface area contributed by atoms with E-state index in [4.69, 9.17) is 9.26 Å². The van der Waals surface area contributed by atoms with Gasteiger partial charge in [-0.05, 0) is 74.2 Å². The normalized spacial score (nSPS) is 21.4. The van der Waals surface area contributed by atoms with E-state index in [1.54, 1.807) is 23.9 Å². The fourth-order valence-corrected chi connectivity index (χ4v) is 7.57. The van der Waals surface area contributed by atoms with E-state index < -0.39 is 48.1 Å². The van der Waals surface area contributed by atoms with Crippen LogP contribution in [0.1, 0.15) is 69.7 Å². The molecule has 12 nitrogen and oxygen atoms in total. The minimum Gasteiger partial charge on any atom is -0.454 e. The number of carbonyl (C=O) groups excluding carboxylic acids is 3. The lowest BCUT2D eigenvalue weighted by Crippen LogP contribution is -2.48. The zero-order chi connectivity index (χ0) is 36.4. The molecule has 1 aromatic carbocycles. The van der Waals surface area contributed by atoms with Crippen LogP contribution >= 0.6 is 0 Å². The molecule has 4 atom stereocenters. The Labute approximate surface area is 295 Å². The van der Waals surface area contributed by atoms with Crippen molar-refractivity contribution in [2.45, 2.75) is 76.7 Å². The van der Waals surface area contributed by atoms with Crippen molar-refractivity contribution in [2.24, 2.45) is 24.8 Å². The van der Waals surface area contributed by atoms with Gasteiger partial charge in [-0.1, -0.05) is 43.3 Å². The molecule has 0 radical (unpaired) electrons. The first-order chi connectivity index (χ1) is 24.3. The number of piperidine rings is 1. The lowest BCUT2D eigenvalue weighted by molar-refractivity contribution is -0.204. The number of ether oxygens (including phenoxy) is 1. The second-order valence-corrected chi connectivity index (χ2v) is 14.5. The van der Waals surface area contributed by atoms with Crippen LogP contribution in [0.15, 0.2) is 47.1 Å². The number of nitrogens with zero attached hydrogens (tertiary/aromatic N) is 5. The molecule has 3 saturated heterocycles. The van der Waals surface area contributed by atoms with Crippen molar-refractivity contribution < 1.29 is 36.8 Å². The van der Waals surface area contributed by atoms with Crippen LogP contribution in [0.2, 0.25) is 0 Å². The number of hydrogen-bond acceptors (Lipinski definition) is 9. The van der Waals surface area contributed by atoms with E-state index in [2.05, 4.69) is 25.8 Å². The molecule has 3 aliphatic heterocycles. The largest absolute Gasteiger partial charge is 0.490 e. The van der Waals surface area contributed by atoms with Crippen molar-refractivity contribution >= 4 is 23.6 Å². The second kappa shape index (κ2) is 15.1. The summed E-state index contributed by atoms with van der Waals surface area (Å²) in [5.74, 6) is -2.41. The highest BCUT2D eigenvalue weighted by atomic mass is 19.4. The Balaban J connectivity index is 1.15. The van der Waals surface area contributed by atoms with E-state index in [0.717, 1.165) is 48.9 Å². The molecular weight excluding hydrogens is 667 g/mol. The molecule has 3 aromatic rings. The third kappa shape index (κ3) is 8.23. The molecule has 5 heterocycles. The molecule has 0 saturated carbocycles. The van der Waals surface area contributed by atoms with Crippen molar-refractivity contribution in [1.29, 1.82) is 0 Å². The SMILES string of the molecule is CC(C)[C@@H](C(=O)N1C[C@H](OC(=O)C(F)(F)F)C[C@H]1C(=O)N[C@@H](C)c1ccc(-c2ccnn2C)cc1)c1cc(N2CC(CC3CCNCC3)C2)no1. The van der Waals surface area contributed by atoms with E-state index in [0.29, 0.717) is 17.5 Å². The Hall–Kier alpha value is -4.40. The summed E-state index contributed by atoms with van der Waals surface area (Å²) in [6.07, 6.45) is -1.59. The van der Waals surface area contributed by atoms with Gasteiger partial charge in [0.1, 0.15) is 18.1 Å². The molecule has 0 unspecified atom stereocenters. The highest BCUT2D eigenvalue weighted by Gasteiger charge is 2.48. The van der Waals surface area contributed by atoms with Gasteiger partial charge in [-0.15, -0.1) is 0 Å². The Morgan fingerprint density at radius 2 is 1.75 bits per heavy atom. The first-order valence-electron chi connectivity index (χ1n) is 17.7. The van der Waals surface area contributed by atoms with Crippen LogP contribution < -0.4 is 15.5 Å². The summed E-state index contributed by atoms with van der Waals surface area (Å²) in [4.78, 5) is 43.2. The van der Waals surface area contributed by atoms with Crippen LogP contribution in [-0.2, 0) is 26.2 Å². The Kier molecular flexibility index (Phi) is 10.7. The number of rotatable bonds is 11. The monoisotopic (exact) mass is 713 g/mol. The van der Waals surface area contributed by atoms with E-state index in [9.17, 15) is 27.6 Å². The zero-order valence-electron chi connectivity index (χ0n) is 29.4. The molecule has 3 aliphatic rings. The highest BCUT2D eigenvalue weighted by Crippen LogP contribution is 2.36. The first-order valence-corrected chi connectivity index (χ1v) is 17.7. The molecule has 2 N–H and O–H groups in total. The van der Waals surface area contributed by atoms with Gasteiger partial charge in [0.15, 0.2) is 11.6 Å². The predicted octanol–water partition coefficient (Wildman–Crippen LogP) is 4.59. The van der Waals surface area contributed by atoms with E-state index in [1.807, 2.05) is 51.2 Å². The summed E-state index contributed by atoms with van der Waals surface area (Å²) >= 11 is 0. The fraction of sp³-hybridized carbons (Fsp3) is 0.583. The molecule has 6 rings (SSSR count). The zero-order valence-corrected chi connectivity index (χ0v) is 29.4. The van der Waals surface area contributed by atoms with Crippen molar-refractivity contribution in [3.63, 3.8) is 0 Å². The van der Waals surface area contributed by atoms with Crippen molar-refractivity contribution in [3.05, 3.63) is 53.9 Å². The second-order valence-electron chi connectivity index (χ2n) is 14.5. The summed E-state index contributed by atoms with van der Waals surface area (Å²) in [7, 11) is 1.84. The number of esters is 1. The molecule has 3 fully saturated rings. The number of alkyl halides is 3. The van der Waals surface area contributed by atoms with E-state index in [1.165, 1.54) is 24.2 Å². The minimum absolute atomic E-state index is 0.287. The average Bonchev–Trinajstić information content (AvgIpc) is 3.83. The van der Waals surface area contributed by atoms with Gasteiger partial charge in [0, 0.05) is 38.8 Å². The number of amides is 2. The van der Waals surface area contributed by atoms with Gasteiger partial charge in [0.25, 0.3) is 0 Å². The van der Waals surface area contributed by atoms with Crippen molar-refractivity contribution in [1.82, 2.24) is 30.5 Å². The summed E-state index contributed by atoms with van der Waals surface area (Å²) < 4.78 is 51.7. The number of hydrogen-bond donors (Lipinski definition) is 2. The number of nitrogens with one attached hydrogen (secondary N) is 2. The smallest absolute Gasteiger partial charge is 0.454 e. The highest BCUT2D eigenvalue weighted by molar-refractivity contribution is 5.91. The molecule has 2 amide bonds. The molecule has 0 bridgehead atoms. The van der Waals surface area contributed by atoms with Crippen LogP contribution in [-0.4, -0.2) is 88.7 Å². The van der Waals surface area contributed by atoms with Crippen molar-refractivity contribution in [3.8, 4) is 11.3 Å². The van der Waals surface area contributed by atoms with Gasteiger partial charge in [-0.25, -0.2) is 4.79 Å². The van der Waals surface area contributed by atoms with Gasteiger partial charge in [-0.2, -0.15) is 18.3 Å². The number of aromatic nitrogens is 3. The van der Waals surface area contributed by atoms with Crippen LogP contribution in [0, 0.1) is 17.8 Å². The molecule has 2 aromatic heterocycles. The third-order valence-corrected chi connectivity index (χ3v) is 10.4. The maximum atomic E-state index is 14.3. The number of benzene rings is 1. The molecular formula is C36H46F3N7O5. The molecule has 276 valence electrons. The number of halogens is 3. The van der Waals surface area contributed by atoms with Gasteiger partial charge in [0.05, 0.1) is 18.3 Å². The minimum atomic E-state index is -5.22. The fourth-order valence-electron chi connectivity index (χ4n) is 7.57. The Bertz CT molecular complexity index is 1680. The molecule has 0 spiro atoms. The van der Waals surface area contributed by atoms with E-state index >= 15 is 0 Å². The predicted molar refractivity (Wildman–Crippen MR) is 181 cm³/mol. The number of aryl methyl sites for hydroxylation is 1. The maximum absolute atomic E-state index is 14.3. The lowest BCUT2D eigenvalue weighted by atomic mass is 9.84. The maximum Gasteiger partial charge on any atom is 0.490 e. The van der Waals surface area contributed by atoms with Crippen LogP contribution in [0.3, 0.4) is 0 Å². The summed E-state index contributed by atoms with van der Waals surface area (Å²) in [5, 5.41) is 14.8. The van der Waals surface area contributed by atoms with Crippen LogP contribution in [0.25, 0.3) is 11.3 Å². The van der Waals surface area contributed by atoms with Crippen LogP contribution in [0.5, 0.6) is 0 Å². The first kappa shape index (κ1) is 36.4. The number of carbonyl (C=O) groups is 3. The molecule has 15 heteroatoms. The topological polar surface area (TPSA) is 135 Å². The average molecular weight is 714 g/mol. The third-order valence-electron chi connectivity index (χ3n) is 10.4. The van der Waals surface area contributed by atoms with Gasteiger partial charge < -0.3 is 29.7 Å². The molecule has 0 aliphatic carbocycles. The molecule has 51 heavy (non-hydrogen) atoms. The number of likely N-dealkylation sites (tertiary alicyclic amines) is 1. The van der Waals surface area contributed by atoms with Gasteiger partial charge >= 0.3 is 12.1 Å². The van der Waals surface area contributed by atoms with Crippen molar-refractivity contribution in [2.75, 3.05) is 37.6 Å². The summed E-state index contributed by atoms with van der Waals surface area (Å²) in [6, 6.07) is 9.48. The standard InChI is InChI=1S/C36H46F3N7O5/c1-21(2)32(30-17-31(43-51-30)45-18-24(19-45)15-23-9-12-40-13-10-23)34(48)46-20-27(50-35(49)36(37,38)39)16-29(46)33(47)42-22(3)25-5-7-26(8-6-25)28-11-14-41-44(28)4/h5-8,11,14,17,21-24,27,29,32,40H,9-10,12-13,15-16,18-20H2,1-4H3,(H,42,47)/t22-,27+,29-,32+/m0/s1. The number of anilines is 1. The lowest BCUT2D eigenvalue weighted by Gasteiger charge is -2.41. The Morgan fingerprint density at radius 1 is 1.04 bits per heavy atom.